The van der Waals surface area contributed by atoms with Crippen LogP contribution in [-0.4, -0.2) is 25.6 Å². The van der Waals surface area contributed by atoms with Crippen LogP contribution in [0.3, 0.4) is 0 Å². The smallest absolute Gasteiger partial charge is 0.338 e. The highest BCUT2D eigenvalue weighted by molar-refractivity contribution is 6.31. The number of carbonyl (C=O) groups excluding carboxylic acids is 2. The standard InChI is InChI=1S/C16H13ClFNO4/c1-22-12-4-2-3-10(7-12)16(21)23-9-15(20)19-11-5-6-14(18)13(17)8-11/h2-8H,9H2,1H3,(H,19,20). The minimum Gasteiger partial charge on any atom is -0.497 e. The number of rotatable bonds is 5. The Morgan fingerprint density at radius 3 is 2.70 bits per heavy atom. The molecule has 0 fully saturated rings. The van der Waals surface area contributed by atoms with Gasteiger partial charge in [0, 0.05) is 5.69 Å². The second-order valence-corrected chi connectivity index (χ2v) is 4.89. The normalized spacial score (nSPS) is 10.0. The van der Waals surface area contributed by atoms with Gasteiger partial charge < -0.3 is 14.8 Å². The highest BCUT2D eigenvalue weighted by atomic mass is 35.5. The zero-order valence-corrected chi connectivity index (χ0v) is 12.9. The average molecular weight is 338 g/mol. The number of hydrogen-bond donors (Lipinski definition) is 1. The number of halogens is 2. The summed E-state index contributed by atoms with van der Waals surface area (Å²) in [5.41, 5.74) is 0.570. The Bertz CT molecular complexity index is 736. The summed E-state index contributed by atoms with van der Waals surface area (Å²) in [6, 6.07) is 10.1. The quantitative estimate of drug-likeness (QED) is 0.850. The van der Waals surface area contributed by atoms with Gasteiger partial charge >= 0.3 is 5.97 Å². The van der Waals surface area contributed by atoms with E-state index in [4.69, 9.17) is 21.1 Å². The van der Waals surface area contributed by atoms with Crippen molar-refractivity contribution in [3.63, 3.8) is 0 Å². The average Bonchev–Trinajstić information content (AvgIpc) is 2.56. The first kappa shape index (κ1) is 16.8. The number of benzene rings is 2. The molecule has 2 rings (SSSR count). The fourth-order valence-corrected chi connectivity index (χ4v) is 1.92. The van der Waals surface area contributed by atoms with Gasteiger partial charge in [-0.1, -0.05) is 17.7 Å². The Morgan fingerprint density at radius 2 is 2.00 bits per heavy atom. The largest absolute Gasteiger partial charge is 0.497 e. The van der Waals surface area contributed by atoms with Crippen LogP contribution in [0.1, 0.15) is 10.4 Å². The van der Waals surface area contributed by atoms with Crippen molar-refractivity contribution in [3.05, 3.63) is 58.9 Å². The lowest BCUT2D eigenvalue weighted by atomic mass is 10.2. The number of esters is 1. The van der Waals surface area contributed by atoms with Crippen molar-refractivity contribution in [2.24, 2.45) is 0 Å². The zero-order chi connectivity index (χ0) is 16.8. The van der Waals surface area contributed by atoms with Gasteiger partial charge in [-0.2, -0.15) is 0 Å². The van der Waals surface area contributed by atoms with Crippen molar-refractivity contribution in [1.82, 2.24) is 0 Å². The van der Waals surface area contributed by atoms with Gasteiger partial charge in [-0.3, -0.25) is 4.79 Å². The number of carbonyl (C=O) groups is 2. The molecule has 1 amide bonds. The molecule has 7 heteroatoms. The van der Waals surface area contributed by atoms with Crippen molar-refractivity contribution in [1.29, 1.82) is 0 Å². The maximum Gasteiger partial charge on any atom is 0.338 e. The molecular formula is C16H13ClFNO4. The number of ether oxygens (including phenoxy) is 2. The molecule has 0 unspecified atom stereocenters. The fraction of sp³-hybridized carbons (Fsp3) is 0.125. The van der Waals surface area contributed by atoms with Crippen LogP contribution in [0.4, 0.5) is 10.1 Å². The van der Waals surface area contributed by atoms with Crippen LogP contribution < -0.4 is 10.1 Å². The molecule has 120 valence electrons. The third-order valence-corrected chi connectivity index (χ3v) is 3.13. The van der Waals surface area contributed by atoms with Crippen LogP contribution in [0.15, 0.2) is 42.5 Å². The molecule has 0 heterocycles. The van der Waals surface area contributed by atoms with Crippen LogP contribution in [0.25, 0.3) is 0 Å². The Kier molecular flexibility index (Phi) is 5.54. The monoisotopic (exact) mass is 337 g/mol. The Hall–Kier alpha value is -2.60. The second kappa shape index (κ2) is 7.60. The molecule has 23 heavy (non-hydrogen) atoms. The summed E-state index contributed by atoms with van der Waals surface area (Å²) in [5, 5.41) is 2.33. The predicted molar refractivity (Wildman–Crippen MR) is 83.3 cm³/mol. The van der Waals surface area contributed by atoms with E-state index in [9.17, 15) is 14.0 Å². The SMILES string of the molecule is COc1cccc(C(=O)OCC(=O)Nc2ccc(F)c(Cl)c2)c1. The Morgan fingerprint density at radius 1 is 1.22 bits per heavy atom. The van der Waals surface area contributed by atoms with Gasteiger partial charge in [0.05, 0.1) is 17.7 Å². The molecule has 2 aromatic carbocycles. The summed E-state index contributed by atoms with van der Waals surface area (Å²) >= 11 is 5.61. The van der Waals surface area contributed by atoms with Crippen LogP contribution in [-0.2, 0) is 9.53 Å². The molecule has 0 aromatic heterocycles. The van der Waals surface area contributed by atoms with Gasteiger partial charge in [-0.25, -0.2) is 9.18 Å². The number of nitrogens with one attached hydrogen (secondary N) is 1. The van der Waals surface area contributed by atoms with Crippen molar-refractivity contribution >= 4 is 29.2 Å². The van der Waals surface area contributed by atoms with Gasteiger partial charge in [0.25, 0.3) is 5.91 Å². The molecule has 0 atom stereocenters. The van der Waals surface area contributed by atoms with E-state index in [1.807, 2.05) is 0 Å². The molecule has 2 aromatic rings. The van der Waals surface area contributed by atoms with Crippen molar-refractivity contribution in [3.8, 4) is 5.75 Å². The number of hydrogen-bond acceptors (Lipinski definition) is 4. The molecule has 0 spiro atoms. The predicted octanol–water partition coefficient (Wildman–Crippen LogP) is 3.28. The third kappa shape index (κ3) is 4.69. The van der Waals surface area contributed by atoms with E-state index < -0.39 is 24.3 Å². The summed E-state index contributed by atoms with van der Waals surface area (Å²) in [6.07, 6.45) is 0. The molecular weight excluding hydrogens is 325 g/mol. The van der Waals surface area contributed by atoms with Crippen LogP contribution >= 0.6 is 11.6 Å². The van der Waals surface area contributed by atoms with E-state index in [1.165, 1.54) is 25.3 Å². The molecule has 0 aliphatic rings. The van der Waals surface area contributed by atoms with E-state index in [2.05, 4.69) is 5.32 Å². The summed E-state index contributed by atoms with van der Waals surface area (Å²) < 4.78 is 22.9. The van der Waals surface area contributed by atoms with Gasteiger partial charge in [0.1, 0.15) is 11.6 Å². The fourth-order valence-electron chi connectivity index (χ4n) is 1.74. The van der Waals surface area contributed by atoms with Crippen molar-refractivity contribution in [2.75, 3.05) is 19.0 Å². The minimum absolute atomic E-state index is 0.115. The molecule has 0 aliphatic carbocycles. The maximum absolute atomic E-state index is 13.0. The van der Waals surface area contributed by atoms with Gasteiger partial charge in [0.2, 0.25) is 0 Å². The van der Waals surface area contributed by atoms with E-state index in [-0.39, 0.29) is 10.6 Å². The summed E-state index contributed by atoms with van der Waals surface area (Å²) in [5.74, 6) is -1.31. The van der Waals surface area contributed by atoms with Crippen LogP contribution in [0.2, 0.25) is 5.02 Å². The molecule has 5 nitrogen and oxygen atoms in total. The first-order chi connectivity index (χ1) is 11.0. The van der Waals surface area contributed by atoms with Crippen LogP contribution in [0, 0.1) is 5.82 Å². The molecule has 0 saturated carbocycles. The molecule has 0 saturated heterocycles. The van der Waals surface area contributed by atoms with E-state index in [0.717, 1.165) is 6.07 Å². The van der Waals surface area contributed by atoms with Crippen molar-refractivity contribution < 1.29 is 23.5 Å². The maximum atomic E-state index is 13.0. The molecule has 0 aliphatic heterocycles. The summed E-state index contributed by atoms with van der Waals surface area (Å²) in [7, 11) is 1.48. The van der Waals surface area contributed by atoms with Gasteiger partial charge in [0.15, 0.2) is 6.61 Å². The lowest BCUT2D eigenvalue weighted by Gasteiger charge is -2.08. The summed E-state index contributed by atoms with van der Waals surface area (Å²) in [6.45, 7) is -0.481. The highest BCUT2D eigenvalue weighted by Gasteiger charge is 2.11. The van der Waals surface area contributed by atoms with E-state index in [0.29, 0.717) is 11.4 Å². The topological polar surface area (TPSA) is 64.6 Å². The molecule has 0 bridgehead atoms. The van der Waals surface area contributed by atoms with E-state index >= 15 is 0 Å². The first-order valence-corrected chi connectivity index (χ1v) is 6.93. The molecule has 0 radical (unpaired) electrons. The Labute approximate surface area is 137 Å². The molecule has 1 N–H and O–H groups in total. The summed E-state index contributed by atoms with van der Waals surface area (Å²) in [4.78, 5) is 23.6. The third-order valence-electron chi connectivity index (χ3n) is 2.84. The second-order valence-electron chi connectivity index (χ2n) is 4.49. The van der Waals surface area contributed by atoms with Gasteiger partial charge in [-0.05, 0) is 36.4 Å². The first-order valence-electron chi connectivity index (χ1n) is 6.55. The lowest BCUT2D eigenvalue weighted by molar-refractivity contribution is -0.119. The zero-order valence-electron chi connectivity index (χ0n) is 12.1. The number of methoxy groups -OCH3 is 1. The lowest BCUT2D eigenvalue weighted by Crippen LogP contribution is -2.21. The van der Waals surface area contributed by atoms with Crippen molar-refractivity contribution in [2.45, 2.75) is 0 Å². The minimum atomic E-state index is -0.656. The Balaban J connectivity index is 1.90. The van der Waals surface area contributed by atoms with Crippen LogP contribution in [0.5, 0.6) is 5.75 Å². The highest BCUT2D eigenvalue weighted by Crippen LogP contribution is 2.19. The number of amides is 1. The van der Waals surface area contributed by atoms with Gasteiger partial charge in [-0.15, -0.1) is 0 Å². The number of anilines is 1. The van der Waals surface area contributed by atoms with E-state index in [1.54, 1.807) is 18.2 Å².